The zero-order valence-electron chi connectivity index (χ0n) is 7.73. The van der Waals surface area contributed by atoms with Crippen molar-refractivity contribution in [2.24, 2.45) is 0 Å². The molecule has 0 aromatic heterocycles. The SMILES string of the molecule is O=C1OC2C=CC=CN2/C1=C(\O)C(F)(F)F. The number of carbonyl (C=O) groups excluding carboxylic acids is 1. The van der Waals surface area contributed by atoms with Gasteiger partial charge in [0.2, 0.25) is 5.76 Å². The van der Waals surface area contributed by atoms with Crippen molar-refractivity contribution in [1.82, 2.24) is 4.90 Å². The number of nitrogens with zero attached hydrogens (tertiary/aromatic N) is 1. The average Bonchev–Trinajstić information content (AvgIpc) is 2.51. The predicted octanol–water partition coefficient (Wildman–Crippen LogP) is 1.59. The molecule has 16 heavy (non-hydrogen) atoms. The summed E-state index contributed by atoms with van der Waals surface area (Å²) in [6.45, 7) is 0. The van der Waals surface area contributed by atoms with E-state index in [-0.39, 0.29) is 0 Å². The molecule has 1 atom stereocenters. The highest BCUT2D eigenvalue weighted by Crippen LogP contribution is 2.33. The van der Waals surface area contributed by atoms with Crippen LogP contribution in [0.5, 0.6) is 0 Å². The summed E-state index contributed by atoms with van der Waals surface area (Å²) >= 11 is 0. The first-order chi connectivity index (χ1) is 7.41. The minimum atomic E-state index is -4.97. The largest absolute Gasteiger partial charge is 0.503 e. The fourth-order valence-corrected chi connectivity index (χ4v) is 1.40. The van der Waals surface area contributed by atoms with Gasteiger partial charge < -0.3 is 9.84 Å². The van der Waals surface area contributed by atoms with Crippen LogP contribution in [0.25, 0.3) is 0 Å². The van der Waals surface area contributed by atoms with Crippen molar-refractivity contribution in [1.29, 1.82) is 0 Å². The molecule has 0 spiro atoms. The van der Waals surface area contributed by atoms with E-state index in [2.05, 4.69) is 4.74 Å². The first-order valence-electron chi connectivity index (χ1n) is 4.26. The molecule has 2 aliphatic heterocycles. The van der Waals surface area contributed by atoms with Crippen LogP contribution in [0.15, 0.2) is 35.9 Å². The zero-order valence-corrected chi connectivity index (χ0v) is 7.73. The van der Waals surface area contributed by atoms with Crippen LogP contribution in [0.3, 0.4) is 0 Å². The summed E-state index contributed by atoms with van der Waals surface area (Å²) in [4.78, 5) is 12.1. The van der Waals surface area contributed by atoms with Crippen molar-refractivity contribution < 1.29 is 27.8 Å². The fraction of sp³-hybridized carbons (Fsp3) is 0.222. The molecule has 1 unspecified atom stereocenters. The Hall–Kier alpha value is -1.92. The third kappa shape index (κ3) is 1.54. The van der Waals surface area contributed by atoms with Crippen LogP contribution in [-0.2, 0) is 9.53 Å². The maximum Gasteiger partial charge on any atom is 0.451 e. The van der Waals surface area contributed by atoms with Gasteiger partial charge in [-0.25, -0.2) is 4.79 Å². The van der Waals surface area contributed by atoms with Gasteiger partial charge in [0.05, 0.1) is 0 Å². The highest BCUT2D eigenvalue weighted by Gasteiger charge is 2.46. The second-order valence-corrected chi connectivity index (χ2v) is 3.12. The summed E-state index contributed by atoms with van der Waals surface area (Å²) in [5, 5.41) is 8.95. The normalized spacial score (nSPS) is 26.8. The number of carbonyl (C=O) groups is 1. The molecule has 0 amide bonds. The van der Waals surface area contributed by atoms with Gasteiger partial charge >= 0.3 is 12.1 Å². The molecule has 0 aliphatic carbocycles. The van der Waals surface area contributed by atoms with Crippen molar-refractivity contribution >= 4 is 5.97 Å². The highest BCUT2D eigenvalue weighted by molar-refractivity contribution is 5.91. The number of hydrogen-bond donors (Lipinski definition) is 1. The molecule has 86 valence electrons. The number of ether oxygens (including phenoxy) is 1. The number of fused-ring (bicyclic) bond motifs is 1. The highest BCUT2D eigenvalue weighted by atomic mass is 19.4. The number of hydrogen-bond acceptors (Lipinski definition) is 4. The molecule has 1 N–H and O–H groups in total. The summed E-state index contributed by atoms with van der Waals surface area (Å²) in [5.41, 5.74) is -0.891. The van der Waals surface area contributed by atoms with Crippen LogP contribution < -0.4 is 0 Å². The van der Waals surface area contributed by atoms with Crippen LogP contribution >= 0.6 is 0 Å². The molecule has 1 fully saturated rings. The molecule has 0 saturated carbocycles. The standard InChI is InChI=1S/C9H6F3NO3/c10-9(11,12)7(14)6-8(15)16-5-3-1-2-4-13(5)6/h1-5,14H/b7-6-. The Morgan fingerprint density at radius 2 is 2.12 bits per heavy atom. The Bertz CT molecular complexity index is 422. The van der Waals surface area contributed by atoms with Gasteiger partial charge in [0.15, 0.2) is 11.9 Å². The third-order valence-corrected chi connectivity index (χ3v) is 2.08. The second-order valence-electron chi connectivity index (χ2n) is 3.12. The van der Waals surface area contributed by atoms with Crippen molar-refractivity contribution in [2.75, 3.05) is 0 Å². The van der Waals surface area contributed by atoms with E-state index in [1.165, 1.54) is 24.4 Å². The number of aliphatic hydroxyl groups is 1. The van der Waals surface area contributed by atoms with E-state index in [1.807, 2.05) is 0 Å². The molecule has 0 aromatic rings. The van der Waals surface area contributed by atoms with E-state index < -0.39 is 29.8 Å². The van der Waals surface area contributed by atoms with E-state index >= 15 is 0 Å². The Morgan fingerprint density at radius 1 is 1.44 bits per heavy atom. The van der Waals surface area contributed by atoms with Gasteiger partial charge in [0.1, 0.15) is 0 Å². The van der Waals surface area contributed by atoms with Crippen LogP contribution in [-0.4, -0.2) is 28.4 Å². The Kier molecular flexibility index (Phi) is 2.18. The number of rotatable bonds is 0. The monoisotopic (exact) mass is 233 g/mol. The van der Waals surface area contributed by atoms with Gasteiger partial charge in [-0.15, -0.1) is 0 Å². The molecule has 2 aliphatic rings. The smallest absolute Gasteiger partial charge is 0.451 e. The maximum absolute atomic E-state index is 12.2. The van der Waals surface area contributed by atoms with Crippen LogP contribution in [0, 0.1) is 0 Å². The second kappa shape index (κ2) is 3.29. The van der Waals surface area contributed by atoms with Gasteiger partial charge in [-0.1, -0.05) is 6.08 Å². The number of halogens is 3. The summed E-state index contributed by atoms with van der Waals surface area (Å²) in [5.74, 6) is -3.14. The van der Waals surface area contributed by atoms with Crippen molar-refractivity contribution in [3.63, 3.8) is 0 Å². The van der Waals surface area contributed by atoms with Gasteiger partial charge in [-0.3, -0.25) is 4.90 Å². The van der Waals surface area contributed by atoms with E-state index in [4.69, 9.17) is 5.11 Å². The van der Waals surface area contributed by atoms with E-state index in [0.29, 0.717) is 0 Å². The number of allylic oxidation sites excluding steroid dienone is 3. The predicted molar refractivity (Wildman–Crippen MR) is 45.7 cm³/mol. The fourth-order valence-electron chi connectivity index (χ4n) is 1.40. The van der Waals surface area contributed by atoms with Crippen molar-refractivity contribution in [3.05, 3.63) is 35.9 Å². The number of alkyl halides is 3. The van der Waals surface area contributed by atoms with Crippen LogP contribution in [0.2, 0.25) is 0 Å². The lowest BCUT2D eigenvalue weighted by molar-refractivity contribution is -0.140. The van der Waals surface area contributed by atoms with Gasteiger partial charge in [0.25, 0.3) is 0 Å². The molecular formula is C9H6F3NO3. The summed E-state index contributed by atoms with van der Waals surface area (Å²) < 4.78 is 41.4. The molecule has 0 aromatic carbocycles. The minimum absolute atomic E-state index is 0.891. The Labute approximate surface area is 87.9 Å². The average molecular weight is 233 g/mol. The first kappa shape index (κ1) is 10.6. The van der Waals surface area contributed by atoms with Crippen molar-refractivity contribution in [3.8, 4) is 0 Å². The lowest BCUT2D eigenvalue weighted by atomic mass is 10.3. The third-order valence-electron chi connectivity index (χ3n) is 2.08. The van der Waals surface area contributed by atoms with Gasteiger partial charge in [0, 0.05) is 6.20 Å². The minimum Gasteiger partial charge on any atom is -0.503 e. The number of aliphatic hydroxyl groups excluding tert-OH is 1. The van der Waals surface area contributed by atoms with E-state index in [1.54, 1.807) is 0 Å². The molecule has 1 saturated heterocycles. The van der Waals surface area contributed by atoms with Gasteiger partial charge in [-0.2, -0.15) is 13.2 Å². The lowest BCUT2D eigenvalue weighted by Gasteiger charge is -2.20. The maximum atomic E-state index is 12.2. The summed E-state index contributed by atoms with van der Waals surface area (Å²) in [6.07, 6.45) is -0.305. The van der Waals surface area contributed by atoms with Crippen LogP contribution in [0.4, 0.5) is 13.2 Å². The lowest BCUT2D eigenvalue weighted by Crippen LogP contribution is -2.27. The summed E-state index contributed by atoms with van der Waals surface area (Å²) in [7, 11) is 0. The molecular weight excluding hydrogens is 227 g/mol. The number of esters is 1. The summed E-state index contributed by atoms with van der Waals surface area (Å²) in [6, 6.07) is 0. The molecule has 4 nitrogen and oxygen atoms in total. The molecule has 0 bridgehead atoms. The van der Waals surface area contributed by atoms with Crippen molar-refractivity contribution in [2.45, 2.75) is 12.4 Å². The van der Waals surface area contributed by atoms with Gasteiger partial charge in [-0.05, 0) is 12.2 Å². The first-order valence-corrected chi connectivity index (χ1v) is 4.26. The quantitative estimate of drug-likeness (QED) is 0.392. The zero-order chi connectivity index (χ0) is 11.9. The molecule has 2 heterocycles. The topological polar surface area (TPSA) is 49.8 Å². The molecule has 7 heteroatoms. The van der Waals surface area contributed by atoms with E-state index in [9.17, 15) is 18.0 Å². The molecule has 2 rings (SSSR count). The van der Waals surface area contributed by atoms with E-state index in [0.717, 1.165) is 4.90 Å². The Balaban J connectivity index is 2.46. The Morgan fingerprint density at radius 3 is 2.75 bits per heavy atom. The van der Waals surface area contributed by atoms with Crippen LogP contribution in [0.1, 0.15) is 0 Å². The molecule has 0 radical (unpaired) electrons.